The van der Waals surface area contributed by atoms with E-state index in [1.165, 1.54) is 12.8 Å². The SMILES string of the molecule is CCCCCn1cnc2[nH]c(N)nc(=S)c21. The van der Waals surface area contributed by atoms with E-state index in [1.54, 1.807) is 6.33 Å². The van der Waals surface area contributed by atoms with Crippen LogP contribution in [-0.2, 0) is 6.54 Å². The van der Waals surface area contributed by atoms with Crippen molar-refractivity contribution in [2.24, 2.45) is 0 Å². The Morgan fingerprint density at radius 1 is 1.50 bits per heavy atom. The number of nitrogens with zero attached hydrogens (tertiary/aromatic N) is 3. The Morgan fingerprint density at radius 3 is 3.06 bits per heavy atom. The predicted octanol–water partition coefficient (Wildman–Crippen LogP) is 2.26. The number of anilines is 1. The molecular weight excluding hydrogens is 222 g/mol. The van der Waals surface area contributed by atoms with E-state index < -0.39 is 0 Å². The normalized spacial score (nSPS) is 11.1. The summed E-state index contributed by atoms with van der Waals surface area (Å²) in [6.07, 6.45) is 5.32. The summed E-state index contributed by atoms with van der Waals surface area (Å²) in [4.78, 5) is 11.2. The fourth-order valence-electron chi connectivity index (χ4n) is 1.71. The molecule has 0 bridgehead atoms. The average Bonchev–Trinajstić information content (AvgIpc) is 2.62. The molecule has 0 fully saturated rings. The zero-order valence-electron chi connectivity index (χ0n) is 9.23. The van der Waals surface area contributed by atoms with Gasteiger partial charge in [-0.15, -0.1) is 0 Å². The maximum atomic E-state index is 5.57. The molecule has 0 radical (unpaired) electrons. The highest BCUT2D eigenvalue weighted by molar-refractivity contribution is 7.71. The minimum Gasteiger partial charge on any atom is -0.369 e. The van der Waals surface area contributed by atoms with Crippen molar-refractivity contribution in [1.29, 1.82) is 0 Å². The monoisotopic (exact) mass is 237 g/mol. The van der Waals surface area contributed by atoms with Gasteiger partial charge in [0.25, 0.3) is 0 Å². The van der Waals surface area contributed by atoms with Crippen molar-refractivity contribution in [2.45, 2.75) is 32.7 Å². The van der Waals surface area contributed by atoms with E-state index in [0.29, 0.717) is 16.2 Å². The van der Waals surface area contributed by atoms with E-state index in [1.807, 2.05) is 4.57 Å². The fourth-order valence-corrected chi connectivity index (χ4v) is 2.02. The van der Waals surface area contributed by atoms with Crippen molar-refractivity contribution in [3.05, 3.63) is 11.0 Å². The van der Waals surface area contributed by atoms with Crippen LogP contribution in [0, 0.1) is 4.64 Å². The van der Waals surface area contributed by atoms with Gasteiger partial charge < -0.3 is 15.3 Å². The van der Waals surface area contributed by atoms with Gasteiger partial charge in [0.1, 0.15) is 5.52 Å². The first-order chi connectivity index (χ1) is 7.72. The van der Waals surface area contributed by atoms with Crippen LogP contribution in [0.5, 0.6) is 0 Å². The lowest BCUT2D eigenvalue weighted by Crippen LogP contribution is -2.00. The number of nitrogens with two attached hydrogens (primary N) is 1. The van der Waals surface area contributed by atoms with E-state index in [4.69, 9.17) is 18.0 Å². The van der Waals surface area contributed by atoms with E-state index in [9.17, 15) is 0 Å². The lowest BCUT2D eigenvalue weighted by molar-refractivity contribution is 0.612. The van der Waals surface area contributed by atoms with Crippen molar-refractivity contribution in [3.63, 3.8) is 0 Å². The third-order valence-electron chi connectivity index (χ3n) is 2.51. The molecule has 0 saturated carbocycles. The summed E-state index contributed by atoms with van der Waals surface area (Å²) >= 11 is 5.19. The second kappa shape index (κ2) is 4.61. The molecule has 0 aliphatic carbocycles. The molecule has 2 heterocycles. The molecule has 0 aromatic carbocycles. The van der Waals surface area contributed by atoms with E-state index in [0.717, 1.165) is 18.5 Å². The molecule has 0 aliphatic rings. The summed E-state index contributed by atoms with van der Waals surface area (Å²) in [5.74, 6) is 0.316. The maximum absolute atomic E-state index is 5.57. The molecule has 0 spiro atoms. The van der Waals surface area contributed by atoms with Gasteiger partial charge in [-0.2, -0.15) is 0 Å². The van der Waals surface area contributed by atoms with Crippen molar-refractivity contribution >= 4 is 29.3 Å². The second-order valence-electron chi connectivity index (χ2n) is 3.77. The highest BCUT2D eigenvalue weighted by Crippen LogP contribution is 2.13. The summed E-state index contributed by atoms with van der Waals surface area (Å²) in [5.41, 5.74) is 7.16. The summed E-state index contributed by atoms with van der Waals surface area (Å²) in [6.45, 7) is 3.11. The van der Waals surface area contributed by atoms with Crippen LogP contribution in [0.2, 0.25) is 0 Å². The van der Waals surface area contributed by atoms with Crippen LogP contribution in [0.3, 0.4) is 0 Å². The third kappa shape index (κ3) is 2.06. The maximum Gasteiger partial charge on any atom is 0.200 e. The Morgan fingerprint density at radius 2 is 2.31 bits per heavy atom. The molecule has 5 nitrogen and oxygen atoms in total. The zero-order chi connectivity index (χ0) is 11.5. The molecule has 6 heteroatoms. The molecule has 0 atom stereocenters. The molecule has 0 saturated heterocycles. The summed E-state index contributed by atoms with van der Waals surface area (Å²) in [5, 5.41) is 0. The molecule has 86 valence electrons. The van der Waals surface area contributed by atoms with E-state index in [-0.39, 0.29) is 0 Å². The van der Waals surface area contributed by atoms with Crippen molar-refractivity contribution < 1.29 is 0 Å². The minimum atomic E-state index is 0.316. The zero-order valence-corrected chi connectivity index (χ0v) is 10.0. The molecule has 0 aliphatic heterocycles. The number of imidazole rings is 1. The largest absolute Gasteiger partial charge is 0.369 e. The summed E-state index contributed by atoms with van der Waals surface area (Å²) in [6, 6.07) is 0. The van der Waals surface area contributed by atoms with Crippen LogP contribution in [0.25, 0.3) is 11.2 Å². The summed E-state index contributed by atoms with van der Waals surface area (Å²) in [7, 11) is 0. The van der Waals surface area contributed by atoms with Crippen LogP contribution in [-0.4, -0.2) is 19.5 Å². The highest BCUT2D eigenvalue weighted by Gasteiger charge is 2.06. The molecular formula is C10H15N5S. The quantitative estimate of drug-likeness (QED) is 0.632. The standard InChI is InChI=1S/C10H15N5S/c1-2-3-4-5-15-6-12-8-7(15)9(16)14-10(11)13-8/h6H,2-5H2,1H3,(H3,11,13,14,16). The first-order valence-electron chi connectivity index (χ1n) is 5.43. The third-order valence-corrected chi connectivity index (χ3v) is 2.80. The second-order valence-corrected chi connectivity index (χ2v) is 4.16. The minimum absolute atomic E-state index is 0.316. The van der Waals surface area contributed by atoms with Crippen LogP contribution >= 0.6 is 12.2 Å². The van der Waals surface area contributed by atoms with Gasteiger partial charge in [0, 0.05) is 6.54 Å². The Kier molecular flexibility index (Phi) is 3.19. The van der Waals surface area contributed by atoms with Crippen molar-refractivity contribution in [2.75, 3.05) is 5.73 Å². The first-order valence-corrected chi connectivity index (χ1v) is 5.84. The van der Waals surface area contributed by atoms with E-state index >= 15 is 0 Å². The fraction of sp³-hybridized carbons (Fsp3) is 0.500. The van der Waals surface area contributed by atoms with Crippen LogP contribution in [0.15, 0.2) is 6.33 Å². The Labute approximate surface area is 98.7 Å². The van der Waals surface area contributed by atoms with Crippen molar-refractivity contribution in [1.82, 2.24) is 19.5 Å². The van der Waals surface area contributed by atoms with Gasteiger partial charge in [0.2, 0.25) is 5.95 Å². The van der Waals surface area contributed by atoms with Gasteiger partial charge in [0.15, 0.2) is 10.3 Å². The number of aromatic amines is 1. The highest BCUT2D eigenvalue weighted by atomic mass is 32.1. The van der Waals surface area contributed by atoms with Crippen LogP contribution < -0.4 is 5.73 Å². The number of nitrogens with one attached hydrogen (secondary N) is 1. The number of nitrogen functional groups attached to an aromatic ring is 1. The van der Waals surface area contributed by atoms with Gasteiger partial charge in [-0.05, 0) is 6.42 Å². The number of rotatable bonds is 4. The number of aromatic nitrogens is 4. The first kappa shape index (κ1) is 11.1. The Bertz CT molecular complexity index is 542. The van der Waals surface area contributed by atoms with Crippen LogP contribution in [0.4, 0.5) is 5.95 Å². The van der Waals surface area contributed by atoms with Gasteiger partial charge in [-0.25, -0.2) is 9.97 Å². The Balaban J connectivity index is 2.37. The topological polar surface area (TPSA) is 72.5 Å². The molecule has 0 unspecified atom stereocenters. The molecule has 0 amide bonds. The Hall–Kier alpha value is -1.43. The molecule has 2 aromatic rings. The van der Waals surface area contributed by atoms with Crippen molar-refractivity contribution in [3.8, 4) is 0 Å². The number of hydrogen-bond donors (Lipinski definition) is 2. The number of H-pyrrole nitrogens is 1. The summed E-state index contributed by atoms with van der Waals surface area (Å²) < 4.78 is 2.55. The predicted molar refractivity (Wildman–Crippen MR) is 66.7 cm³/mol. The number of fused-ring (bicyclic) bond motifs is 1. The molecule has 2 rings (SSSR count). The number of hydrogen-bond acceptors (Lipinski definition) is 4. The number of unbranched alkanes of at least 4 members (excludes halogenated alkanes) is 2. The smallest absolute Gasteiger partial charge is 0.200 e. The molecule has 2 aromatic heterocycles. The number of aryl methyl sites for hydroxylation is 1. The lowest BCUT2D eigenvalue weighted by Gasteiger charge is -2.03. The van der Waals surface area contributed by atoms with Gasteiger partial charge >= 0.3 is 0 Å². The van der Waals surface area contributed by atoms with Crippen LogP contribution in [0.1, 0.15) is 26.2 Å². The van der Waals surface area contributed by atoms with Gasteiger partial charge in [-0.3, -0.25) is 0 Å². The molecule has 3 N–H and O–H groups in total. The molecule has 16 heavy (non-hydrogen) atoms. The lowest BCUT2D eigenvalue weighted by atomic mass is 10.2. The average molecular weight is 237 g/mol. The van der Waals surface area contributed by atoms with Gasteiger partial charge in [0.05, 0.1) is 6.33 Å². The van der Waals surface area contributed by atoms with Gasteiger partial charge in [-0.1, -0.05) is 32.0 Å². The van der Waals surface area contributed by atoms with E-state index in [2.05, 4.69) is 21.9 Å².